The van der Waals surface area contributed by atoms with Gasteiger partial charge in [0.15, 0.2) is 0 Å². The van der Waals surface area contributed by atoms with Crippen LogP contribution in [-0.2, 0) is 23.9 Å². The monoisotopic (exact) mass is 506 g/mol. The Morgan fingerprint density at radius 1 is 1.28 bits per heavy atom. The van der Waals surface area contributed by atoms with Crippen molar-refractivity contribution in [2.45, 2.75) is 57.9 Å². The van der Waals surface area contributed by atoms with Gasteiger partial charge >= 0.3 is 6.18 Å². The van der Waals surface area contributed by atoms with Crippen LogP contribution in [0, 0.1) is 5.92 Å². The summed E-state index contributed by atoms with van der Waals surface area (Å²) in [7, 11) is 0. The molecule has 2 aliphatic rings. The molecule has 0 aliphatic carbocycles. The summed E-state index contributed by atoms with van der Waals surface area (Å²) < 4.78 is 40.6. The number of alkyl halides is 3. The second kappa shape index (κ2) is 10.6. The van der Waals surface area contributed by atoms with E-state index >= 15 is 0 Å². The van der Waals surface area contributed by atoms with E-state index in [1.807, 2.05) is 12.1 Å². The van der Waals surface area contributed by atoms with Gasteiger partial charge in [-0.3, -0.25) is 4.79 Å². The predicted octanol–water partition coefficient (Wildman–Crippen LogP) is 3.70. The molecule has 4 N–H and O–H groups in total. The zero-order valence-corrected chi connectivity index (χ0v) is 20.6. The quantitative estimate of drug-likeness (QED) is 0.454. The van der Waals surface area contributed by atoms with Gasteiger partial charge in [0, 0.05) is 31.5 Å². The van der Waals surface area contributed by atoms with Crippen LogP contribution < -0.4 is 16.0 Å². The van der Waals surface area contributed by atoms with Crippen molar-refractivity contribution >= 4 is 23.4 Å². The molecule has 196 valence electrons. The summed E-state index contributed by atoms with van der Waals surface area (Å²) in [6.45, 7) is 6.30. The number of nitrogens with one attached hydrogen (secondary N) is 3. The van der Waals surface area contributed by atoms with Gasteiger partial charge in [-0.1, -0.05) is 6.07 Å². The number of anilines is 3. The van der Waals surface area contributed by atoms with Gasteiger partial charge in [-0.05, 0) is 75.4 Å². The average Bonchev–Trinajstić information content (AvgIpc) is 2.81. The molecule has 0 unspecified atom stereocenters. The van der Waals surface area contributed by atoms with Crippen LogP contribution >= 0.6 is 0 Å². The van der Waals surface area contributed by atoms with Crippen molar-refractivity contribution < 1.29 is 23.1 Å². The summed E-state index contributed by atoms with van der Waals surface area (Å²) in [5.74, 6) is -0.0196. The number of carbonyl (C=O) groups excluding carboxylic acids is 1. The number of hydrogen-bond donors (Lipinski definition) is 4. The Bertz CT molecular complexity index is 1080. The molecule has 1 atom stereocenters. The van der Waals surface area contributed by atoms with Crippen molar-refractivity contribution in [3.63, 3.8) is 0 Å². The molecule has 1 aromatic carbocycles. The number of piperidine rings is 1. The maximum Gasteiger partial charge on any atom is 0.421 e. The van der Waals surface area contributed by atoms with E-state index in [-0.39, 0.29) is 30.0 Å². The molecule has 0 spiro atoms. The molecule has 2 aliphatic heterocycles. The van der Waals surface area contributed by atoms with Crippen LogP contribution in [0.3, 0.4) is 0 Å². The SMILES string of the molecule is CC(C)(O)CC(=O)N1CCc2cc(Nc3ncc(C(F)(F)F)c(NC[C@@H]4CCCNC4)n3)ccc2C1. The lowest BCUT2D eigenvalue weighted by atomic mass is 9.97. The zero-order chi connectivity index (χ0) is 25.9. The molecule has 1 amide bonds. The summed E-state index contributed by atoms with van der Waals surface area (Å²) in [6, 6.07) is 5.60. The molecule has 0 saturated carbocycles. The first-order valence-corrected chi connectivity index (χ1v) is 12.3. The second-order valence-electron chi connectivity index (χ2n) is 10.2. The van der Waals surface area contributed by atoms with Crippen LogP contribution in [-0.4, -0.2) is 57.7 Å². The van der Waals surface area contributed by atoms with E-state index in [4.69, 9.17) is 0 Å². The molecule has 4 rings (SSSR count). The fourth-order valence-corrected chi connectivity index (χ4v) is 4.58. The van der Waals surface area contributed by atoms with Crippen LogP contribution in [0.15, 0.2) is 24.4 Å². The Hall–Kier alpha value is -2.92. The summed E-state index contributed by atoms with van der Waals surface area (Å²) >= 11 is 0. The number of aliphatic hydroxyl groups is 1. The standard InChI is InChI=1S/C25H33F3N6O2/c1-24(2,36)11-21(35)34-9-7-17-10-19(6-5-18(17)15-34)32-23-31-14-20(25(26,27)28)22(33-23)30-13-16-4-3-8-29-12-16/h5-6,10,14,16,29,36H,3-4,7-9,11-13,15H2,1-2H3,(H2,30,31,32,33)/t16-/m1/s1. The van der Waals surface area contributed by atoms with Crippen molar-refractivity contribution in [1.29, 1.82) is 0 Å². The molecular formula is C25H33F3N6O2. The van der Waals surface area contributed by atoms with Crippen molar-refractivity contribution in [2.24, 2.45) is 5.92 Å². The molecule has 1 saturated heterocycles. The summed E-state index contributed by atoms with van der Waals surface area (Å²) in [5, 5.41) is 19.1. The molecule has 2 aromatic rings. The largest absolute Gasteiger partial charge is 0.421 e. The maximum atomic E-state index is 13.5. The molecule has 1 aromatic heterocycles. The van der Waals surface area contributed by atoms with Crippen LogP contribution in [0.4, 0.5) is 30.6 Å². The molecule has 11 heteroatoms. The van der Waals surface area contributed by atoms with Gasteiger partial charge in [0.05, 0.1) is 12.0 Å². The second-order valence-corrected chi connectivity index (χ2v) is 10.2. The molecule has 0 bridgehead atoms. The minimum Gasteiger partial charge on any atom is -0.390 e. The number of fused-ring (bicyclic) bond motifs is 1. The number of hydrogen-bond acceptors (Lipinski definition) is 7. The van der Waals surface area contributed by atoms with Crippen LogP contribution in [0.1, 0.15) is 49.8 Å². The first kappa shape index (κ1) is 26.2. The van der Waals surface area contributed by atoms with Crippen molar-refractivity contribution in [1.82, 2.24) is 20.2 Å². The highest BCUT2D eigenvalue weighted by Crippen LogP contribution is 2.34. The summed E-state index contributed by atoms with van der Waals surface area (Å²) in [6.07, 6.45) is -1.11. The van der Waals surface area contributed by atoms with E-state index in [2.05, 4.69) is 25.9 Å². The van der Waals surface area contributed by atoms with Gasteiger partial charge in [-0.25, -0.2) is 4.98 Å². The van der Waals surface area contributed by atoms with Gasteiger partial charge in [-0.15, -0.1) is 0 Å². The number of rotatable bonds is 7. The number of halogens is 3. The van der Waals surface area contributed by atoms with Crippen molar-refractivity contribution in [3.05, 3.63) is 41.1 Å². The van der Waals surface area contributed by atoms with E-state index in [9.17, 15) is 23.1 Å². The number of aromatic nitrogens is 2. The third kappa shape index (κ3) is 6.85. The van der Waals surface area contributed by atoms with Gasteiger partial charge in [0.1, 0.15) is 11.4 Å². The lowest BCUT2D eigenvalue weighted by Crippen LogP contribution is -2.39. The van der Waals surface area contributed by atoms with Crippen molar-refractivity contribution in [3.8, 4) is 0 Å². The number of benzene rings is 1. The van der Waals surface area contributed by atoms with E-state index in [1.54, 1.807) is 24.8 Å². The first-order chi connectivity index (χ1) is 17.0. The molecule has 36 heavy (non-hydrogen) atoms. The maximum absolute atomic E-state index is 13.5. The highest BCUT2D eigenvalue weighted by molar-refractivity contribution is 5.77. The topological polar surface area (TPSA) is 102 Å². The minimum atomic E-state index is -4.56. The van der Waals surface area contributed by atoms with E-state index in [0.717, 1.165) is 43.3 Å². The van der Waals surface area contributed by atoms with E-state index in [1.165, 1.54) is 0 Å². The van der Waals surface area contributed by atoms with E-state index in [0.29, 0.717) is 31.7 Å². The lowest BCUT2D eigenvalue weighted by Gasteiger charge is -2.31. The molecule has 0 radical (unpaired) electrons. The average molecular weight is 507 g/mol. The van der Waals surface area contributed by atoms with Crippen LogP contribution in [0.25, 0.3) is 0 Å². The third-order valence-electron chi connectivity index (χ3n) is 6.46. The highest BCUT2D eigenvalue weighted by atomic mass is 19.4. The lowest BCUT2D eigenvalue weighted by molar-refractivity contribution is -0.137. The van der Waals surface area contributed by atoms with Crippen LogP contribution in [0.5, 0.6) is 0 Å². The Balaban J connectivity index is 1.46. The fraction of sp³-hybridized carbons (Fsp3) is 0.560. The molecular weight excluding hydrogens is 473 g/mol. The molecule has 1 fully saturated rings. The smallest absolute Gasteiger partial charge is 0.390 e. The van der Waals surface area contributed by atoms with Crippen molar-refractivity contribution in [2.75, 3.05) is 36.8 Å². The van der Waals surface area contributed by atoms with E-state index < -0.39 is 17.3 Å². The first-order valence-electron chi connectivity index (χ1n) is 12.3. The Morgan fingerprint density at radius 3 is 2.78 bits per heavy atom. The number of nitrogens with zero attached hydrogens (tertiary/aromatic N) is 3. The molecule has 3 heterocycles. The summed E-state index contributed by atoms with van der Waals surface area (Å²) in [5.41, 5.74) is 0.744. The molecule has 8 nitrogen and oxygen atoms in total. The van der Waals surface area contributed by atoms with Crippen LogP contribution in [0.2, 0.25) is 0 Å². The van der Waals surface area contributed by atoms with Gasteiger partial charge < -0.3 is 26.0 Å². The zero-order valence-electron chi connectivity index (χ0n) is 20.6. The Labute approximate surface area is 208 Å². The highest BCUT2D eigenvalue weighted by Gasteiger charge is 2.35. The number of amides is 1. The normalized spacial score (nSPS) is 18.5. The van der Waals surface area contributed by atoms with Gasteiger partial charge in [0.25, 0.3) is 0 Å². The van der Waals surface area contributed by atoms with Gasteiger partial charge in [-0.2, -0.15) is 18.2 Å². The summed E-state index contributed by atoms with van der Waals surface area (Å²) in [4.78, 5) is 22.2. The predicted molar refractivity (Wildman–Crippen MR) is 131 cm³/mol. The number of carbonyl (C=O) groups is 1. The Morgan fingerprint density at radius 2 is 2.08 bits per heavy atom. The third-order valence-corrected chi connectivity index (χ3v) is 6.46. The van der Waals surface area contributed by atoms with Gasteiger partial charge in [0.2, 0.25) is 11.9 Å². The minimum absolute atomic E-state index is 0.0564. The Kier molecular flexibility index (Phi) is 7.70. The fourth-order valence-electron chi connectivity index (χ4n) is 4.58.